The summed E-state index contributed by atoms with van der Waals surface area (Å²) in [6.45, 7) is 3.44. The van der Waals surface area contributed by atoms with E-state index in [1.165, 1.54) is 19.3 Å². The molecular formula is C63H100NO8P. The maximum Gasteiger partial charge on any atom is 0.472 e. The third-order valence-corrected chi connectivity index (χ3v) is 11.9. The Morgan fingerprint density at radius 3 is 1.05 bits per heavy atom. The molecule has 0 saturated carbocycles. The van der Waals surface area contributed by atoms with Gasteiger partial charge in [0.25, 0.3) is 0 Å². The Kier molecular flexibility index (Phi) is 53.5. The smallest absolute Gasteiger partial charge is 0.462 e. The molecule has 73 heavy (non-hydrogen) atoms. The molecule has 9 nitrogen and oxygen atoms in total. The average Bonchev–Trinajstić information content (AvgIpc) is 3.38. The maximum atomic E-state index is 12.7. The number of carbonyl (C=O) groups excluding carboxylic acids is 2. The summed E-state index contributed by atoms with van der Waals surface area (Å²) in [5, 5.41) is 0. The Bertz CT molecular complexity index is 1740. The molecule has 0 fully saturated rings. The van der Waals surface area contributed by atoms with Gasteiger partial charge in [-0.3, -0.25) is 18.6 Å². The van der Waals surface area contributed by atoms with E-state index in [0.29, 0.717) is 12.8 Å². The van der Waals surface area contributed by atoms with Gasteiger partial charge in [0.1, 0.15) is 6.61 Å². The number of phosphoric ester groups is 1. The van der Waals surface area contributed by atoms with Crippen LogP contribution in [0.1, 0.15) is 194 Å². The van der Waals surface area contributed by atoms with E-state index in [-0.39, 0.29) is 32.6 Å². The fourth-order valence-corrected chi connectivity index (χ4v) is 7.62. The zero-order valence-corrected chi connectivity index (χ0v) is 46.4. The first kappa shape index (κ1) is 68.6. The van der Waals surface area contributed by atoms with Crippen LogP contribution in [0.3, 0.4) is 0 Å². The standard InChI is InChI=1S/C63H100NO8P/c1-3-5-7-9-11-13-15-17-19-21-22-23-24-25-26-27-28-29-30-31-32-33-34-35-36-37-38-40-42-44-46-48-50-52-54-56-63(66)72-61(60-71-73(67,68)70-58-57-64)59-69-62(65)55-53-51-49-47-45-43-41-39-20-18-16-14-12-10-8-6-4-2/h5-8,11-14,17-20,22-23,25-26,28-29,31-32,34-35,37-38,42,44,61H,3-4,9-10,15-16,21,24,27,30,33,36,39-41,43,45-60,64H2,1-2H3,(H,67,68)/b7-5-,8-6-,13-11-,14-12-,19-17-,20-18-,23-22-,26-25-,29-28-,32-31-,35-34-,38-37-,44-42-. The lowest BCUT2D eigenvalue weighted by Crippen LogP contribution is -2.29. The number of phosphoric acid groups is 1. The average molecular weight is 1030 g/mol. The number of ether oxygens (including phenoxy) is 2. The molecule has 0 rings (SSSR count). The molecule has 2 atom stereocenters. The molecule has 0 aromatic carbocycles. The van der Waals surface area contributed by atoms with Crippen molar-refractivity contribution in [2.75, 3.05) is 26.4 Å². The van der Waals surface area contributed by atoms with Crippen molar-refractivity contribution in [3.05, 3.63) is 158 Å². The van der Waals surface area contributed by atoms with Crippen molar-refractivity contribution in [2.24, 2.45) is 5.73 Å². The molecule has 0 aliphatic heterocycles. The van der Waals surface area contributed by atoms with Crippen molar-refractivity contribution >= 4 is 19.8 Å². The molecule has 0 aromatic heterocycles. The maximum absolute atomic E-state index is 12.7. The summed E-state index contributed by atoms with van der Waals surface area (Å²) in [6, 6.07) is 0. The summed E-state index contributed by atoms with van der Waals surface area (Å²) in [5.41, 5.74) is 5.37. The van der Waals surface area contributed by atoms with Crippen LogP contribution in [0, 0.1) is 0 Å². The Morgan fingerprint density at radius 2 is 0.712 bits per heavy atom. The van der Waals surface area contributed by atoms with Crippen LogP contribution in [0.15, 0.2) is 158 Å². The van der Waals surface area contributed by atoms with Gasteiger partial charge in [-0.2, -0.15) is 0 Å². The number of rotatable bonds is 50. The zero-order chi connectivity index (χ0) is 53.1. The first-order chi connectivity index (χ1) is 35.8. The highest BCUT2D eigenvalue weighted by Crippen LogP contribution is 2.43. The molecule has 0 amide bonds. The van der Waals surface area contributed by atoms with E-state index in [2.05, 4.69) is 172 Å². The molecule has 10 heteroatoms. The van der Waals surface area contributed by atoms with Crippen LogP contribution >= 0.6 is 7.82 Å². The van der Waals surface area contributed by atoms with Crippen LogP contribution in [0.4, 0.5) is 0 Å². The minimum Gasteiger partial charge on any atom is -0.462 e. The second-order valence-electron chi connectivity index (χ2n) is 17.7. The third-order valence-electron chi connectivity index (χ3n) is 10.9. The molecule has 0 saturated heterocycles. The lowest BCUT2D eigenvalue weighted by Gasteiger charge is -2.19. The molecule has 0 radical (unpaired) electrons. The van der Waals surface area contributed by atoms with Gasteiger partial charge in [0, 0.05) is 19.4 Å². The van der Waals surface area contributed by atoms with Gasteiger partial charge in [-0.05, 0) is 122 Å². The summed E-state index contributed by atoms with van der Waals surface area (Å²) in [5.74, 6) is -0.883. The number of esters is 2. The third kappa shape index (κ3) is 56.8. The summed E-state index contributed by atoms with van der Waals surface area (Å²) in [6.07, 6.45) is 82.9. The Hall–Kier alpha value is -4.37. The molecule has 3 N–H and O–H groups in total. The summed E-state index contributed by atoms with van der Waals surface area (Å²) < 4.78 is 32.9. The fourth-order valence-electron chi connectivity index (χ4n) is 6.85. The predicted octanol–water partition coefficient (Wildman–Crippen LogP) is 17.7. The first-order valence-electron chi connectivity index (χ1n) is 28.0. The second kappa shape index (κ2) is 56.9. The highest BCUT2D eigenvalue weighted by molar-refractivity contribution is 7.47. The minimum atomic E-state index is -4.41. The lowest BCUT2D eigenvalue weighted by molar-refractivity contribution is -0.161. The lowest BCUT2D eigenvalue weighted by atomic mass is 10.1. The number of allylic oxidation sites excluding steroid dienone is 26. The van der Waals surface area contributed by atoms with Crippen molar-refractivity contribution < 1.29 is 37.6 Å². The van der Waals surface area contributed by atoms with E-state index < -0.39 is 32.5 Å². The highest BCUT2D eigenvalue weighted by Gasteiger charge is 2.26. The van der Waals surface area contributed by atoms with E-state index in [9.17, 15) is 19.0 Å². The van der Waals surface area contributed by atoms with E-state index in [0.717, 1.165) is 135 Å². The van der Waals surface area contributed by atoms with Gasteiger partial charge in [0.05, 0.1) is 13.2 Å². The number of carbonyl (C=O) groups is 2. The van der Waals surface area contributed by atoms with Crippen LogP contribution in [0.2, 0.25) is 0 Å². The normalized spacial score (nSPS) is 14.3. The topological polar surface area (TPSA) is 134 Å². The number of unbranched alkanes of at least 4 members (excludes halogenated alkanes) is 11. The number of hydrogen-bond acceptors (Lipinski definition) is 8. The Morgan fingerprint density at radius 1 is 0.411 bits per heavy atom. The van der Waals surface area contributed by atoms with Crippen molar-refractivity contribution in [1.29, 1.82) is 0 Å². The molecule has 0 aromatic rings. The van der Waals surface area contributed by atoms with Gasteiger partial charge in [-0.15, -0.1) is 0 Å². The van der Waals surface area contributed by atoms with Crippen molar-refractivity contribution in [2.45, 2.75) is 200 Å². The predicted molar refractivity (Wildman–Crippen MR) is 311 cm³/mol. The molecule has 0 bridgehead atoms. The van der Waals surface area contributed by atoms with Gasteiger partial charge < -0.3 is 20.1 Å². The fraction of sp³-hybridized carbons (Fsp3) is 0.556. The quantitative estimate of drug-likeness (QED) is 0.0264. The minimum absolute atomic E-state index is 0.0382. The van der Waals surface area contributed by atoms with Crippen LogP contribution in [-0.2, 0) is 32.7 Å². The van der Waals surface area contributed by atoms with E-state index in [4.69, 9.17) is 24.3 Å². The summed E-state index contributed by atoms with van der Waals surface area (Å²) in [7, 11) is -4.41. The van der Waals surface area contributed by atoms with E-state index in [1.54, 1.807) is 0 Å². The Balaban J connectivity index is 4.12. The first-order valence-corrected chi connectivity index (χ1v) is 29.5. The van der Waals surface area contributed by atoms with Crippen molar-refractivity contribution in [1.82, 2.24) is 0 Å². The molecule has 0 spiro atoms. The molecule has 2 unspecified atom stereocenters. The van der Waals surface area contributed by atoms with Gasteiger partial charge in [0.15, 0.2) is 6.10 Å². The van der Waals surface area contributed by atoms with Gasteiger partial charge in [-0.25, -0.2) is 4.57 Å². The molecule has 0 heterocycles. The van der Waals surface area contributed by atoms with Crippen LogP contribution < -0.4 is 5.73 Å². The zero-order valence-electron chi connectivity index (χ0n) is 45.5. The molecular weight excluding hydrogens is 930 g/mol. The van der Waals surface area contributed by atoms with Gasteiger partial charge in [0.2, 0.25) is 0 Å². The summed E-state index contributed by atoms with van der Waals surface area (Å²) in [4.78, 5) is 35.1. The van der Waals surface area contributed by atoms with Crippen LogP contribution in [0.5, 0.6) is 0 Å². The van der Waals surface area contributed by atoms with Crippen molar-refractivity contribution in [3.8, 4) is 0 Å². The molecule has 0 aliphatic carbocycles. The van der Waals surface area contributed by atoms with Crippen LogP contribution in [0.25, 0.3) is 0 Å². The van der Waals surface area contributed by atoms with E-state index >= 15 is 0 Å². The molecule has 0 aliphatic rings. The van der Waals surface area contributed by atoms with Gasteiger partial charge in [-0.1, -0.05) is 217 Å². The second-order valence-corrected chi connectivity index (χ2v) is 19.1. The number of nitrogens with two attached hydrogens (primary N) is 1. The van der Waals surface area contributed by atoms with Crippen molar-refractivity contribution in [3.63, 3.8) is 0 Å². The molecule has 410 valence electrons. The SMILES string of the molecule is CC/C=C\C/C=C\C/C=C\C/C=C\C/C=C\C/C=C\C/C=C\C/C=C\C/C=C\C/C=C\CCCCCCC(=O)OC(COC(=O)CCCCCCCCC/C=C\C/C=C\C/C=C\CC)COP(=O)(O)OCCN. The Labute approximate surface area is 445 Å². The van der Waals surface area contributed by atoms with Crippen LogP contribution in [-0.4, -0.2) is 49.3 Å². The monoisotopic (exact) mass is 1030 g/mol. The van der Waals surface area contributed by atoms with E-state index in [1.807, 2.05) is 0 Å². The summed E-state index contributed by atoms with van der Waals surface area (Å²) >= 11 is 0. The largest absolute Gasteiger partial charge is 0.472 e. The number of hydrogen-bond donors (Lipinski definition) is 2. The van der Waals surface area contributed by atoms with Gasteiger partial charge >= 0.3 is 19.8 Å². The highest BCUT2D eigenvalue weighted by atomic mass is 31.2.